The maximum atomic E-state index is 5.42. The van der Waals surface area contributed by atoms with E-state index in [9.17, 15) is 0 Å². The van der Waals surface area contributed by atoms with Gasteiger partial charge in [0.2, 0.25) is 0 Å². The summed E-state index contributed by atoms with van der Waals surface area (Å²) in [6, 6.07) is 2.05. The largest absolute Gasteiger partial charge is 0.381 e. The van der Waals surface area contributed by atoms with Crippen LogP contribution < -0.4 is 0 Å². The Bertz CT molecular complexity index is 408. The third kappa shape index (κ3) is 2.43. The summed E-state index contributed by atoms with van der Waals surface area (Å²) < 4.78 is 6.15. The Morgan fingerprint density at radius 1 is 1.24 bits per heavy atom. The SMILES string of the molecule is S=c1cc(C2CCCC2)[nH]c(C2CCOC2)n1. The van der Waals surface area contributed by atoms with E-state index in [1.807, 2.05) is 6.07 Å². The van der Waals surface area contributed by atoms with Gasteiger partial charge >= 0.3 is 0 Å². The standard InChI is InChI=1S/C13H18N2OS/c17-12-7-11(9-3-1-2-4-9)14-13(15-12)10-5-6-16-8-10/h7,9-10H,1-6,8H2,(H,14,15,17). The number of hydrogen-bond acceptors (Lipinski definition) is 3. The molecule has 0 aromatic carbocycles. The quantitative estimate of drug-likeness (QED) is 0.818. The van der Waals surface area contributed by atoms with Gasteiger partial charge in [-0.1, -0.05) is 25.1 Å². The maximum absolute atomic E-state index is 5.42. The van der Waals surface area contributed by atoms with Crippen LogP contribution in [0.4, 0.5) is 0 Å². The smallest absolute Gasteiger partial charge is 0.130 e. The Balaban J connectivity index is 1.91. The summed E-state index contributed by atoms with van der Waals surface area (Å²) in [6.45, 7) is 1.63. The number of ether oxygens (including phenoxy) is 1. The minimum absolute atomic E-state index is 0.415. The maximum Gasteiger partial charge on any atom is 0.130 e. The Morgan fingerprint density at radius 2 is 2.06 bits per heavy atom. The molecule has 4 heteroatoms. The van der Waals surface area contributed by atoms with Crippen molar-refractivity contribution in [3.05, 3.63) is 22.2 Å². The summed E-state index contributed by atoms with van der Waals surface area (Å²) in [4.78, 5) is 7.98. The molecule has 2 fully saturated rings. The van der Waals surface area contributed by atoms with Gasteiger partial charge in [0.1, 0.15) is 10.5 Å². The second-order valence-corrected chi connectivity index (χ2v) is 5.52. The van der Waals surface area contributed by atoms with Gasteiger partial charge < -0.3 is 9.72 Å². The van der Waals surface area contributed by atoms with Crippen molar-refractivity contribution in [1.29, 1.82) is 0 Å². The molecule has 1 aromatic heterocycles. The van der Waals surface area contributed by atoms with Crippen molar-refractivity contribution in [2.45, 2.75) is 43.9 Å². The van der Waals surface area contributed by atoms with Crippen molar-refractivity contribution in [2.75, 3.05) is 13.2 Å². The van der Waals surface area contributed by atoms with E-state index in [1.165, 1.54) is 31.4 Å². The first-order valence-corrected chi connectivity index (χ1v) is 6.92. The molecular weight excluding hydrogens is 232 g/mol. The number of aromatic amines is 1. The van der Waals surface area contributed by atoms with E-state index in [-0.39, 0.29) is 0 Å². The van der Waals surface area contributed by atoms with Crippen molar-refractivity contribution in [2.24, 2.45) is 0 Å². The fourth-order valence-electron chi connectivity index (χ4n) is 2.90. The minimum Gasteiger partial charge on any atom is -0.381 e. The molecule has 1 aliphatic heterocycles. The predicted molar refractivity (Wildman–Crippen MR) is 68.8 cm³/mol. The molecule has 0 spiro atoms. The van der Waals surface area contributed by atoms with Crippen LogP contribution in [0.2, 0.25) is 0 Å². The molecule has 2 aliphatic rings. The molecule has 1 saturated carbocycles. The second-order valence-electron chi connectivity index (χ2n) is 5.10. The summed E-state index contributed by atoms with van der Waals surface area (Å²) in [5, 5.41) is 0. The Kier molecular flexibility index (Phi) is 3.25. The van der Waals surface area contributed by atoms with E-state index in [1.54, 1.807) is 0 Å². The molecule has 3 nitrogen and oxygen atoms in total. The van der Waals surface area contributed by atoms with Gasteiger partial charge in [0.25, 0.3) is 0 Å². The molecule has 92 valence electrons. The van der Waals surface area contributed by atoms with Crippen molar-refractivity contribution < 1.29 is 4.74 Å². The Labute approximate surface area is 107 Å². The highest BCUT2D eigenvalue weighted by Gasteiger charge is 2.23. The van der Waals surface area contributed by atoms with Crippen LogP contribution in [-0.4, -0.2) is 23.2 Å². The van der Waals surface area contributed by atoms with Gasteiger partial charge in [0.15, 0.2) is 0 Å². The molecule has 1 aromatic rings. The average molecular weight is 250 g/mol. The van der Waals surface area contributed by atoms with Crippen molar-refractivity contribution >= 4 is 12.2 Å². The second kappa shape index (κ2) is 4.86. The molecule has 0 radical (unpaired) electrons. The van der Waals surface area contributed by atoms with Crippen LogP contribution in [0.1, 0.15) is 55.5 Å². The van der Waals surface area contributed by atoms with E-state index in [4.69, 9.17) is 17.0 Å². The first-order chi connectivity index (χ1) is 8.33. The van der Waals surface area contributed by atoms with Gasteiger partial charge in [-0.15, -0.1) is 0 Å². The van der Waals surface area contributed by atoms with Crippen LogP contribution in [0.3, 0.4) is 0 Å². The Morgan fingerprint density at radius 3 is 2.76 bits per heavy atom. The number of H-pyrrole nitrogens is 1. The van der Waals surface area contributed by atoms with Gasteiger partial charge in [-0.3, -0.25) is 0 Å². The molecule has 3 rings (SSSR count). The monoisotopic (exact) mass is 250 g/mol. The Hall–Kier alpha value is -0.740. The zero-order valence-electron chi connectivity index (χ0n) is 9.95. The van der Waals surface area contributed by atoms with Gasteiger partial charge in [-0.05, 0) is 31.2 Å². The molecular formula is C13H18N2OS. The van der Waals surface area contributed by atoms with Crippen LogP contribution in [0.25, 0.3) is 0 Å². The van der Waals surface area contributed by atoms with E-state index in [2.05, 4.69) is 9.97 Å². The fourth-order valence-corrected chi connectivity index (χ4v) is 3.12. The van der Waals surface area contributed by atoms with Gasteiger partial charge in [-0.25, -0.2) is 4.98 Å². The van der Waals surface area contributed by atoms with E-state index >= 15 is 0 Å². The lowest BCUT2D eigenvalue weighted by molar-refractivity contribution is 0.193. The highest BCUT2D eigenvalue weighted by molar-refractivity contribution is 7.71. The van der Waals surface area contributed by atoms with Gasteiger partial charge in [-0.2, -0.15) is 0 Å². The number of nitrogens with zero attached hydrogens (tertiary/aromatic N) is 1. The van der Waals surface area contributed by atoms with Crippen LogP contribution in [-0.2, 0) is 4.74 Å². The molecule has 1 N–H and O–H groups in total. The third-order valence-corrected chi connectivity index (χ3v) is 4.10. The highest BCUT2D eigenvalue weighted by Crippen LogP contribution is 2.33. The van der Waals surface area contributed by atoms with Gasteiger partial charge in [0, 0.05) is 18.2 Å². The normalized spacial score (nSPS) is 25.5. The summed E-state index contributed by atoms with van der Waals surface area (Å²) in [5.41, 5.74) is 1.30. The lowest BCUT2D eigenvalue weighted by Crippen LogP contribution is -2.08. The molecule has 1 saturated heterocycles. The summed E-state index contributed by atoms with van der Waals surface area (Å²) >= 11 is 5.29. The molecule has 1 atom stereocenters. The number of rotatable bonds is 2. The fraction of sp³-hybridized carbons (Fsp3) is 0.692. The molecule has 2 heterocycles. The number of nitrogens with one attached hydrogen (secondary N) is 1. The molecule has 1 aliphatic carbocycles. The summed E-state index contributed by atoms with van der Waals surface area (Å²) in [5.74, 6) is 2.12. The zero-order valence-corrected chi connectivity index (χ0v) is 10.8. The summed E-state index contributed by atoms with van der Waals surface area (Å²) in [7, 11) is 0. The molecule has 0 bridgehead atoms. The van der Waals surface area contributed by atoms with Crippen LogP contribution in [0.15, 0.2) is 6.07 Å². The first-order valence-electron chi connectivity index (χ1n) is 6.52. The van der Waals surface area contributed by atoms with Crippen molar-refractivity contribution in [1.82, 2.24) is 9.97 Å². The van der Waals surface area contributed by atoms with Crippen molar-refractivity contribution in [3.8, 4) is 0 Å². The molecule has 1 unspecified atom stereocenters. The van der Waals surface area contributed by atoms with Crippen LogP contribution in [0, 0.1) is 4.64 Å². The van der Waals surface area contributed by atoms with Crippen LogP contribution in [0.5, 0.6) is 0 Å². The van der Waals surface area contributed by atoms with Gasteiger partial charge in [0.05, 0.1) is 6.61 Å². The minimum atomic E-state index is 0.415. The lowest BCUT2D eigenvalue weighted by Gasteiger charge is -2.13. The summed E-state index contributed by atoms with van der Waals surface area (Å²) in [6.07, 6.45) is 6.32. The van der Waals surface area contributed by atoms with E-state index < -0.39 is 0 Å². The highest BCUT2D eigenvalue weighted by atomic mass is 32.1. The van der Waals surface area contributed by atoms with E-state index in [0.29, 0.717) is 11.8 Å². The molecule has 0 amide bonds. The zero-order chi connectivity index (χ0) is 11.7. The molecule has 17 heavy (non-hydrogen) atoms. The lowest BCUT2D eigenvalue weighted by atomic mass is 10.0. The average Bonchev–Trinajstić information content (AvgIpc) is 3.02. The predicted octanol–water partition coefficient (Wildman–Crippen LogP) is 3.30. The topological polar surface area (TPSA) is 37.9 Å². The number of aromatic nitrogens is 2. The van der Waals surface area contributed by atoms with Crippen LogP contribution >= 0.6 is 12.2 Å². The third-order valence-electron chi connectivity index (χ3n) is 3.89. The first kappa shape index (κ1) is 11.4. The van der Waals surface area contributed by atoms with E-state index in [0.717, 1.165) is 30.1 Å². The van der Waals surface area contributed by atoms with Crippen molar-refractivity contribution in [3.63, 3.8) is 0 Å². The number of hydrogen-bond donors (Lipinski definition) is 1.